The first-order chi connectivity index (χ1) is 12.1. The van der Waals surface area contributed by atoms with Gasteiger partial charge in [0, 0.05) is 30.6 Å². The first-order valence-electron chi connectivity index (χ1n) is 7.44. The van der Waals surface area contributed by atoms with Crippen LogP contribution in [0.5, 0.6) is 0 Å². The zero-order valence-corrected chi connectivity index (χ0v) is 13.9. The summed E-state index contributed by atoms with van der Waals surface area (Å²) in [7, 11) is 0. The average molecular weight is 391 g/mol. The lowest BCUT2D eigenvalue weighted by Crippen LogP contribution is -2.24. The standard InChI is InChI=1S/C14H10F5N5OS/c1-6-22-24-11(25)9(10(14(17,18)19)21-12(24)26-6)7-3-20-23(4-7)5-8-2-13(8,15)16/h3-4,8H,2,5H2,1H3/t8-/m1/s1. The molecule has 3 heterocycles. The van der Waals surface area contributed by atoms with Crippen molar-refractivity contribution in [3.8, 4) is 11.1 Å². The van der Waals surface area contributed by atoms with E-state index in [-0.39, 0.29) is 23.5 Å². The van der Waals surface area contributed by atoms with Crippen molar-refractivity contribution < 1.29 is 22.0 Å². The Labute approximate surface area is 145 Å². The Balaban J connectivity index is 1.84. The zero-order chi connectivity index (χ0) is 18.9. The fourth-order valence-corrected chi connectivity index (χ4v) is 3.43. The molecule has 0 spiro atoms. The predicted octanol–water partition coefficient (Wildman–Crippen LogP) is 3.00. The maximum Gasteiger partial charge on any atom is 0.434 e. The predicted molar refractivity (Wildman–Crippen MR) is 81.1 cm³/mol. The molecule has 0 saturated heterocycles. The van der Waals surface area contributed by atoms with Gasteiger partial charge in [-0.25, -0.2) is 13.8 Å². The fourth-order valence-electron chi connectivity index (χ4n) is 2.69. The van der Waals surface area contributed by atoms with E-state index in [0.717, 1.165) is 32.9 Å². The van der Waals surface area contributed by atoms with Crippen molar-refractivity contribution in [1.29, 1.82) is 0 Å². The molecule has 1 aliphatic rings. The van der Waals surface area contributed by atoms with E-state index in [1.165, 1.54) is 0 Å². The monoisotopic (exact) mass is 391 g/mol. The van der Waals surface area contributed by atoms with Crippen LogP contribution in [0.3, 0.4) is 0 Å². The van der Waals surface area contributed by atoms with Crippen molar-refractivity contribution >= 4 is 16.3 Å². The highest BCUT2D eigenvalue weighted by Crippen LogP contribution is 2.49. The Bertz CT molecular complexity index is 1070. The van der Waals surface area contributed by atoms with Gasteiger partial charge in [0.25, 0.3) is 11.5 Å². The average Bonchev–Trinajstić information content (AvgIpc) is 2.90. The summed E-state index contributed by atoms with van der Waals surface area (Å²) >= 11 is 0.859. The van der Waals surface area contributed by atoms with Gasteiger partial charge in [-0.2, -0.15) is 27.9 Å². The van der Waals surface area contributed by atoms with Crippen LogP contribution in [0.25, 0.3) is 16.1 Å². The van der Waals surface area contributed by atoms with Gasteiger partial charge < -0.3 is 0 Å². The first kappa shape index (κ1) is 17.1. The smallest absolute Gasteiger partial charge is 0.272 e. The minimum atomic E-state index is -4.87. The first-order valence-corrected chi connectivity index (χ1v) is 8.26. The Morgan fingerprint density at radius 2 is 2.08 bits per heavy atom. The second-order valence-corrected chi connectivity index (χ2v) is 7.23. The summed E-state index contributed by atoms with van der Waals surface area (Å²) < 4.78 is 68.2. The summed E-state index contributed by atoms with van der Waals surface area (Å²) in [6.07, 6.45) is -2.97. The van der Waals surface area contributed by atoms with Crippen LogP contribution in [-0.2, 0) is 12.7 Å². The molecule has 0 N–H and O–H groups in total. The summed E-state index contributed by atoms with van der Waals surface area (Å²) in [6, 6.07) is 0. The highest BCUT2D eigenvalue weighted by Gasteiger charge is 2.56. The van der Waals surface area contributed by atoms with Gasteiger partial charge in [-0.1, -0.05) is 11.3 Å². The maximum absolute atomic E-state index is 13.4. The Kier molecular flexibility index (Phi) is 3.49. The highest BCUT2D eigenvalue weighted by molar-refractivity contribution is 7.16. The molecule has 6 nitrogen and oxygen atoms in total. The lowest BCUT2D eigenvalue weighted by molar-refractivity contribution is -0.140. The highest BCUT2D eigenvalue weighted by atomic mass is 32.1. The van der Waals surface area contributed by atoms with Gasteiger partial charge in [0.2, 0.25) is 4.96 Å². The van der Waals surface area contributed by atoms with Crippen LogP contribution in [0, 0.1) is 12.8 Å². The quantitative estimate of drug-likeness (QED) is 0.644. The fraction of sp³-hybridized carbons (Fsp3) is 0.429. The molecule has 12 heteroatoms. The van der Waals surface area contributed by atoms with Gasteiger partial charge in [0.1, 0.15) is 5.01 Å². The van der Waals surface area contributed by atoms with Crippen LogP contribution in [0.4, 0.5) is 22.0 Å². The van der Waals surface area contributed by atoms with Gasteiger partial charge in [0.15, 0.2) is 5.69 Å². The van der Waals surface area contributed by atoms with Crippen molar-refractivity contribution in [3.63, 3.8) is 0 Å². The van der Waals surface area contributed by atoms with E-state index in [9.17, 15) is 26.7 Å². The number of alkyl halides is 5. The van der Waals surface area contributed by atoms with Crippen molar-refractivity contribution in [2.75, 3.05) is 0 Å². The molecule has 4 rings (SSSR count). The van der Waals surface area contributed by atoms with E-state index >= 15 is 0 Å². The minimum absolute atomic E-state index is 0.138. The molecular formula is C14H10F5N5OS. The molecule has 1 fully saturated rings. The van der Waals surface area contributed by atoms with Crippen molar-refractivity contribution in [3.05, 3.63) is 33.4 Å². The molecule has 1 atom stereocenters. The summed E-state index contributed by atoms with van der Waals surface area (Å²) in [5.41, 5.74) is -3.17. The Hall–Kier alpha value is -2.37. The van der Waals surface area contributed by atoms with Gasteiger partial charge in [-0.15, -0.1) is 0 Å². The van der Waals surface area contributed by atoms with Crippen LogP contribution in [0.15, 0.2) is 17.2 Å². The number of halogens is 5. The molecule has 0 amide bonds. The number of aromatic nitrogens is 5. The lowest BCUT2D eigenvalue weighted by Gasteiger charge is -2.09. The Morgan fingerprint density at radius 3 is 2.69 bits per heavy atom. The summed E-state index contributed by atoms with van der Waals surface area (Å²) in [5, 5.41) is 8.06. The third-order valence-corrected chi connectivity index (χ3v) is 4.89. The van der Waals surface area contributed by atoms with Crippen LogP contribution in [0.2, 0.25) is 0 Å². The minimum Gasteiger partial charge on any atom is -0.272 e. The topological polar surface area (TPSA) is 65.1 Å². The molecule has 0 bridgehead atoms. The van der Waals surface area contributed by atoms with Gasteiger partial charge in [-0.05, 0) is 6.92 Å². The van der Waals surface area contributed by atoms with E-state index in [0.29, 0.717) is 5.01 Å². The van der Waals surface area contributed by atoms with Gasteiger partial charge in [-0.3, -0.25) is 9.48 Å². The number of hydrogen-bond acceptors (Lipinski definition) is 5. The van der Waals surface area contributed by atoms with Crippen LogP contribution < -0.4 is 5.56 Å². The van der Waals surface area contributed by atoms with Gasteiger partial charge in [0.05, 0.1) is 11.8 Å². The van der Waals surface area contributed by atoms with E-state index < -0.39 is 34.8 Å². The molecule has 1 saturated carbocycles. The van der Waals surface area contributed by atoms with Crippen molar-refractivity contribution in [2.45, 2.75) is 32.0 Å². The van der Waals surface area contributed by atoms with Crippen molar-refractivity contribution in [2.24, 2.45) is 5.92 Å². The number of rotatable bonds is 3. The van der Waals surface area contributed by atoms with Crippen LogP contribution in [-0.4, -0.2) is 30.3 Å². The largest absolute Gasteiger partial charge is 0.434 e. The summed E-state index contributed by atoms with van der Waals surface area (Å²) in [6.45, 7) is 1.40. The maximum atomic E-state index is 13.4. The molecule has 3 aromatic rings. The van der Waals surface area contributed by atoms with E-state index in [1.54, 1.807) is 6.92 Å². The third-order valence-electron chi connectivity index (χ3n) is 4.07. The molecule has 3 aromatic heterocycles. The lowest BCUT2D eigenvalue weighted by atomic mass is 10.1. The number of aryl methyl sites for hydroxylation is 1. The van der Waals surface area contributed by atoms with Crippen LogP contribution in [0.1, 0.15) is 17.1 Å². The molecule has 0 aromatic carbocycles. The molecular weight excluding hydrogens is 381 g/mol. The van der Waals surface area contributed by atoms with Crippen molar-refractivity contribution in [1.82, 2.24) is 24.4 Å². The van der Waals surface area contributed by atoms with E-state index in [4.69, 9.17) is 0 Å². The number of hydrogen-bond donors (Lipinski definition) is 0. The molecule has 0 radical (unpaired) electrons. The molecule has 0 unspecified atom stereocenters. The number of fused-ring (bicyclic) bond motifs is 1. The second kappa shape index (κ2) is 5.32. The molecule has 138 valence electrons. The normalized spacial score (nSPS) is 19.2. The third kappa shape index (κ3) is 2.77. The Morgan fingerprint density at radius 1 is 1.38 bits per heavy atom. The zero-order valence-electron chi connectivity index (χ0n) is 13.1. The molecule has 0 aliphatic heterocycles. The molecule has 26 heavy (non-hydrogen) atoms. The van der Waals surface area contributed by atoms with E-state index in [1.807, 2.05) is 0 Å². The molecule has 1 aliphatic carbocycles. The van der Waals surface area contributed by atoms with Crippen LogP contribution >= 0.6 is 11.3 Å². The number of nitrogens with zero attached hydrogens (tertiary/aromatic N) is 5. The summed E-state index contributed by atoms with van der Waals surface area (Å²) in [5.74, 6) is -3.68. The van der Waals surface area contributed by atoms with E-state index in [2.05, 4.69) is 15.2 Å². The summed E-state index contributed by atoms with van der Waals surface area (Å²) in [4.78, 5) is 15.9. The van der Waals surface area contributed by atoms with Gasteiger partial charge >= 0.3 is 6.18 Å². The SMILES string of the molecule is Cc1nn2c(=O)c(-c3cnn(C[C@H]4CC4(F)F)c3)c(C(F)(F)F)nc2s1. The second-order valence-electron chi connectivity index (χ2n) is 6.07.